The van der Waals surface area contributed by atoms with Crippen molar-refractivity contribution in [2.24, 2.45) is 7.05 Å². The zero-order valence-electron chi connectivity index (χ0n) is 10.2. The maximum atomic E-state index is 13.0. The summed E-state index contributed by atoms with van der Waals surface area (Å²) >= 11 is 0. The lowest BCUT2D eigenvalue weighted by molar-refractivity contribution is 0.174. The summed E-state index contributed by atoms with van der Waals surface area (Å²) in [6, 6.07) is 6.00. The largest absolute Gasteiger partial charge is 0.387 e. The number of rotatable bonds is 5. The highest BCUT2D eigenvalue weighted by molar-refractivity contribution is 5.19. The molecule has 4 nitrogen and oxygen atoms in total. The van der Waals surface area contributed by atoms with E-state index in [-0.39, 0.29) is 5.82 Å². The second-order valence-electron chi connectivity index (χ2n) is 4.22. The minimum Gasteiger partial charge on any atom is -0.387 e. The molecule has 0 spiro atoms. The van der Waals surface area contributed by atoms with Crippen molar-refractivity contribution >= 4 is 0 Å². The van der Waals surface area contributed by atoms with E-state index in [0.29, 0.717) is 18.7 Å². The standard InChI is InChI=1S/C13H16FN3O/c1-17-9-10(7-16-17)6-15-8-13(18)11-3-2-4-12(14)5-11/h2-5,7,9,13,15,18H,6,8H2,1H3. The van der Waals surface area contributed by atoms with Gasteiger partial charge < -0.3 is 10.4 Å². The van der Waals surface area contributed by atoms with Crippen molar-refractivity contribution in [1.82, 2.24) is 15.1 Å². The number of aliphatic hydroxyl groups excluding tert-OH is 1. The maximum absolute atomic E-state index is 13.0. The van der Waals surface area contributed by atoms with Crippen LogP contribution >= 0.6 is 0 Å². The van der Waals surface area contributed by atoms with Crippen molar-refractivity contribution in [2.45, 2.75) is 12.6 Å². The molecule has 0 radical (unpaired) electrons. The molecule has 1 aromatic heterocycles. The van der Waals surface area contributed by atoms with E-state index in [9.17, 15) is 9.50 Å². The van der Waals surface area contributed by atoms with Crippen LogP contribution in [0.25, 0.3) is 0 Å². The van der Waals surface area contributed by atoms with E-state index in [2.05, 4.69) is 10.4 Å². The van der Waals surface area contributed by atoms with E-state index >= 15 is 0 Å². The highest BCUT2D eigenvalue weighted by atomic mass is 19.1. The van der Waals surface area contributed by atoms with Crippen LogP contribution in [0.4, 0.5) is 4.39 Å². The molecule has 2 aromatic rings. The van der Waals surface area contributed by atoms with E-state index in [1.165, 1.54) is 12.1 Å². The van der Waals surface area contributed by atoms with E-state index in [0.717, 1.165) is 5.56 Å². The molecule has 1 atom stereocenters. The Labute approximate surface area is 105 Å². The highest BCUT2D eigenvalue weighted by Gasteiger charge is 2.07. The van der Waals surface area contributed by atoms with Crippen molar-refractivity contribution < 1.29 is 9.50 Å². The maximum Gasteiger partial charge on any atom is 0.123 e. The number of hydrogen-bond donors (Lipinski definition) is 2. The monoisotopic (exact) mass is 249 g/mol. The predicted molar refractivity (Wildman–Crippen MR) is 66.3 cm³/mol. The van der Waals surface area contributed by atoms with Crippen LogP contribution in [0.2, 0.25) is 0 Å². The number of nitrogens with one attached hydrogen (secondary N) is 1. The third-order valence-corrected chi connectivity index (χ3v) is 2.66. The van der Waals surface area contributed by atoms with Gasteiger partial charge in [0.1, 0.15) is 5.82 Å². The van der Waals surface area contributed by atoms with Gasteiger partial charge in [-0.3, -0.25) is 4.68 Å². The smallest absolute Gasteiger partial charge is 0.123 e. The van der Waals surface area contributed by atoms with Crippen LogP contribution in [0.5, 0.6) is 0 Å². The van der Waals surface area contributed by atoms with Crippen molar-refractivity contribution in [3.63, 3.8) is 0 Å². The molecule has 0 bridgehead atoms. The first-order chi connectivity index (χ1) is 8.65. The van der Waals surface area contributed by atoms with Gasteiger partial charge in [0.15, 0.2) is 0 Å². The molecule has 0 aliphatic carbocycles. The summed E-state index contributed by atoms with van der Waals surface area (Å²) in [5.74, 6) is -0.334. The SMILES string of the molecule is Cn1cc(CNCC(O)c2cccc(F)c2)cn1. The van der Waals surface area contributed by atoms with Gasteiger partial charge in [0.05, 0.1) is 12.3 Å². The normalized spacial score (nSPS) is 12.6. The third-order valence-electron chi connectivity index (χ3n) is 2.66. The first-order valence-electron chi connectivity index (χ1n) is 5.77. The van der Waals surface area contributed by atoms with Gasteiger partial charge in [-0.25, -0.2) is 4.39 Å². The lowest BCUT2D eigenvalue weighted by Gasteiger charge is -2.11. The van der Waals surface area contributed by atoms with Crippen LogP contribution in [0.15, 0.2) is 36.7 Å². The number of benzene rings is 1. The van der Waals surface area contributed by atoms with Gasteiger partial charge in [-0.2, -0.15) is 5.10 Å². The van der Waals surface area contributed by atoms with Gasteiger partial charge in [0.25, 0.3) is 0 Å². The van der Waals surface area contributed by atoms with Crippen molar-refractivity contribution in [3.8, 4) is 0 Å². The Kier molecular flexibility index (Phi) is 4.07. The molecule has 5 heteroatoms. The minimum absolute atomic E-state index is 0.334. The fourth-order valence-corrected chi connectivity index (χ4v) is 1.75. The van der Waals surface area contributed by atoms with Gasteiger partial charge in [-0.15, -0.1) is 0 Å². The third kappa shape index (κ3) is 3.38. The Balaban J connectivity index is 1.83. The van der Waals surface area contributed by atoms with E-state index < -0.39 is 6.10 Å². The van der Waals surface area contributed by atoms with Gasteiger partial charge >= 0.3 is 0 Å². The molecule has 2 N–H and O–H groups in total. The minimum atomic E-state index is -0.711. The van der Waals surface area contributed by atoms with E-state index in [1.807, 2.05) is 13.2 Å². The molecule has 0 fully saturated rings. The fraction of sp³-hybridized carbons (Fsp3) is 0.308. The average Bonchev–Trinajstić information content (AvgIpc) is 2.75. The van der Waals surface area contributed by atoms with Crippen LogP contribution in [0.3, 0.4) is 0 Å². The summed E-state index contributed by atoms with van der Waals surface area (Å²) in [6.07, 6.45) is 2.96. The number of nitrogens with zero attached hydrogens (tertiary/aromatic N) is 2. The fourth-order valence-electron chi connectivity index (χ4n) is 1.75. The van der Waals surface area contributed by atoms with Gasteiger partial charge in [-0.05, 0) is 17.7 Å². The summed E-state index contributed by atoms with van der Waals surface area (Å²) in [4.78, 5) is 0. The Morgan fingerprint density at radius 2 is 2.33 bits per heavy atom. The molecule has 0 saturated heterocycles. The van der Waals surface area contributed by atoms with E-state index in [4.69, 9.17) is 0 Å². The van der Waals surface area contributed by atoms with Crippen molar-refractivity contribution in [3.05, 3.63) is 53.6 Å². The molecule has 2 rings (SSSR count). The average molecular weight is 249 g/mol. The van der Waals surface area contributed by atoms with Crippen LogP contribution in [0, 0.1) is 5.82 Å². The highest BCUT2D eigenvalue weighted by Crippen LogP contribution is 2.13. The summed E-state index contributed by atoms with van der Waals surface area (Å²) in [7, 11) is 1.85. The number of aromatic nitrogens is 2. The van der Waals surface area contributed by atoms with Gasteiger partial charge in [-0.1, -0.05) is 12.1 Å². The molecule has 1 unspecified atom stereocenters. The molecule has 0 amide bonds. The Morgan fingerprint density at radius 1 is 1.50 bits per heavy atom. The van der Waals surface area contributed by atoms with Crippen LogP contribution in [-0.4, -0.2) is 21.4 Å². The summed E-state index contributed by atoms with van der Waals surface area (Å²) in [6.45, 7) is 0.999. The predicted octanol–water partition coefficient (Wildman–Crippen LogP) is 1.38. The van der Waals surface area contributed by atoms with Crippen LogP contribution in [-0.2, 0) is 13.6 Å². The lowest BCUT2D eigenvalue weighted by Crippen LogP contribution is -2.20. The number of halogens is 1. The molecule has 0 aliphatic rings. The number of aryl methyl sites for hydroxylation is 1. The van der Waals surface area contributed by atoms with Crippen molar-refractivity contribution in [2.75, 3.05) is 6.54 Å². The van der Waals surface area contributed by atoms with Crippen LogP contribution < -0.4 is 5.32 Å². The molecule has 18 heavy (non-hydrogen) atoms. The second-order valence-corrected chi connectivity index (χ2v) is 4.22. The topological polar surface area (TPSA) is 50.1 Å². The first-order valence-corrected chi connectivity index (χ1v) is 5.77. The van der Waals surface area contributed by atoms with Gasteiger partial charge in [0, 0.05) is 31.9 Å². The number of hydrogen-bond acceptors (Lipinski definition) is 3. The second kappa shape index (κ2) is 5.75. The molecule has 0 saturated carbocycles. The van der Waals surface area contributed by atoms with E-state index in [1.54, 1.807) is 23.0 Å². The van der Waals surface area contributed by atoms with Crippen LogP contribution in [0.1, 0.15) is 17.2 Å². The zero-order valence-corrected chi connectivity index (χ0v) is 10.2. The molecule has 1 aromatic carbocycles. The Morgan fingerprint density at radius 3 is 3.00 bits per heavy atom. The summed E-state index contributed by atoms with van der Waals surface area (Å²) in [5.41, 5.74) is 1.62. The lowest BCUT2D eigenvalue weighted by atomic mass is 10.1. The molecule has 1 heterocycles. The number of aliphatic hydroxyl groups is 1. The summed E-state index contributed by atoms with van der Waals surface area (Å²) < 4.78 is 14.7. The Hall–Kier alpha value is -1.72. The molecule has 96 valence electrons. The molecular formula is C13H16FN3O. The zero-order chi connectivity index (χ0) is 13.0. The molecular weight excluding hydrogens is 233 g/mol. The summed E-state index contributed by atoms with van der Waals surface area (Å²) in [5, 5.41) is 17.0. The quantitative estimate of drug-likeness (QED) is 0.841. The molecule has 0 aliphatic heterocycles. The van der Waals surface area contributed by atoms with Crippen molar-refractivity contribution in [1.29, 1.82) is 0 Å². The first kappa shape index (κ1) is 12.7. The van der Waals surface area contributed by atoms with Gasteiger partial charge in [0.2, 0.25) is 0 Å². The Bertz CT molecular complexity index is 512.